The van der Waals surface area contributed by atoms with Crippen LogP contribution in [0.3, 0.4) is 0 Å². The van der Waals surface area contributed by atoms with E-state index in [1.807, 2.05) is 6.07 Å². The SMILES string of the molecule is CNC(=O)C(C)(C)CNC(=O)c1ccc(C#N)cc1. The van der Waals surface area contributed by atoms with Gasteiger partial charge >= 0.3 is 0 Å². The number of nitrogens with zero attached hydrogens (tertiary/aromatic N) is 1. The molecule has 0 aromatic heterocycles. The minimum Gasteiger partial charge on any atom is -0.359 e. The molecule has 0 atom stereocenters. The van der Waals surface area contributed by atoms with Gasteiger partial charge in [-0.1, -0.05) is 0 Å². The summed E-state index contributed by atoms with van der Waals surface area (Å²) < 4.78 is 0. The third-order valence-electron chi connectivity index (χ3n) is 2.81. The smallest absolute Gasteiger partial charge is 0.251 e. The van der Waals surface area contributed by atoms with E-state index in [1.165, 1.54) is 0 Å². The van der Waals surface area contributed by atoms with E-state index in [-0.39, 0.29) is 18.4 Å². The molecule has 0 aliphatic carbocycles. The van der Waals surface area contributed by atoms with Gasteiger partial charge in [-0.2, -0.15) is 5.26 Å². The number of nitrogens with one attached hydrogen (secondary N) is 2. The Morgan fingerprint density at radius 3 is 2.32 bits per heavy atom. The van der Waals surface area contributed by atoms with Crippen molar-refractivity contribution < 1.29 is 9.59 Å². The fourth-order valence-corrected chi connectivity index (χ4v) is 1.52. The first kappa shape index (κ1) is 14.7. The highest BCUT2D eigenvalue weighted by Gasteiger charge is 2.27. The lowest BCUT2D eigenvalue weighted by Gasteiger charge is -2.22. The molecule has 0 saturated heterocycles. The second-order valence-corrected chi connectivity index (χ2v) is 4.83. The van der Waals surface area contributed by atoms with Crippen LogP contribution in [0.2, 0.25) is 0 Å². The molecular weight excluding hydrogens is 242 g/mol. The summed E-state index contributed by atoms with van der Waals surface area (Å²) in [7, 11) is 1.56. The summed E-state index contributed by atoms with van der Waals surface area (Å²) in [6.07, 6.45) is 0. The van der Waals surface area contributed by atoms with Gasteiger partial charge in [-0.05, 0) is 38.1 Å². The summed E-state index contributed by atoms with van der Waals surface area (Å²) in [5.74, 6) is -0.394. The van der Waals surface area contributed by atoms with Crippen LogP contribution in [-0.2, 0) is 4.79 Å². The minimum atomic E-state index is -0.670. The van der Waals surface area contributed by atoms with Crippen LogP contribution in [0, 0.1) is 16.7 Å². The van der Waals surface area contributed by atoms with Gasteiger partial charge in [0.25, 0.3) is 5.91 Å². The number of benzene rings is 1. The van der Waals surface area contributed by atoms with Crippen LogP contribution in [0.25, 0.3) is 0 Å². The fraction of sp³-hybridized carbons (Fsp3) is 0.357. The number of carbonyl (C=O) groups excluding carboxylic acids is 2. The fourth-order valence-electron chi connectivity index (χ4n) is 1.52. The van der Waals surface area contributed by atoms with E-state index in [1.54, 1.807) is 45.2 Å². The molecule has 0 saturated carbocycles. The van der Waals surface area contributed by atoms with Crippen molar-refractivity contribution in [3.63, 3.8) is 0 Å². The molecule has 0 bridgehead atoms. The normalized spacial score (nSPS) is 10.4. The molecule has 19 heavy (non-hydrogen) atoms. The Bertz CT molecular complexity index is 512. The second-order valence-electron chi connectivity index (χ2n) is 4.83. The van der Waals surface area contributed by atoms with E-state index < -0.39 is 5.41 Å². The molecule has 0 fully saturated rings. The summed E-state index contributed by atoms with van der Waals surface area (Å²) in [5.41, 5.74) is 0.297. The van der Waals surface area contributed by atoms with Crippen LogP contribution in [0.15, 0.2) is 24.3 Å². The molecule has 100 valence electrons. The molecule has 0 aliphatic rings. The van der Waals surface area contributed by atoms with Crippen LogP contribution >= 0.6 is 0 Å². The maximum atomic E-state index is 11.9. The number of amides is 2. The molecule has 0 aliphatic heterocycles. The van der Waals surface area contributed by atoms with Gasteiger partial charge in [-0.25, -0.2) is 0 Å². The number of carbonyl (C=O) groups is 2. The maximum Gasteiger partial charge on any atom is 0.251 e. The monoisotopic (exact) mass is 259 g/mol. The van der Waals surface area contributed by atoms with Crippen molar-refractivity contribution in [2.24, 2.45) is 5.41 Å². The zero-order valence-electron chi connectivity index (χ0n) is 11.3. The third kappa shape index (κ3) is 3.81. The number of nitriles is 1. The molecule has 5 nitrogen and oxygen atoms in total. The lowest BCUT2D eigenvalue weighted by Crippen LogP contribution is -2.43. The van der Waals surface area contributed by atoms with Gasteiger partial charge < -0.3 is 10.6 Å². The van der Waals surface area contributed by atoms with Crippen molar-refractivity contribution >= 4 is 11.8 Å². The largest absolute Gasteiger partial charge is 0.359 e. The number of rotatable bonds is 4. The first-order valence-corrected chi connectivity index (χ1v) is 5.91. The van der Waals surface area contributed by atoms with Crippen molar-refractivity contribution in [3.8, 4) is 6.07 Å². The molecule has 5 heteroatoms. The molecule has 2 amide bonds. The lowest BCUT2D eigenvalue weighted by molar-refractivity contribution is -0.128. The van der Waals surface area contributed by atoms with E-state index >= 15 is 0 Å². The summed E-state index contributed by atoms with van der Waals surface area (Å²) in [6, 6.07) is 8.32. The Kier molecular flexibility index (Phi) is 4.65. The predicted octanol–water partition coefficient (Wildman–Crippen LogP) is 1.06. The van der Waals surface area contributed by atoms with Gasteiger partial charge in [-0.3, -0.25) is 9.59 Å². The van der Waals surface area contributed by atoms with Gasteiger partial charge in [0.2, 0.25) is 5.91 Å². The van der Waals surface area contributed by atoms with Crippen molar-refractivity contribution in [2.75, 3.05) is 13.6 Å². The van der Waals surface area contributed by atoms with Gasteiger partial charge in [0.15, 0.2) is 0 Å². The van der Waals surface area contributed by atoms with E-state index in [9.17, 15) is 9.59 Å². The summed E-state index contributed by atoms with van der Waals surface area (Å²) in [5, 5.41) is 13.9. The zero-order chi connectivity index (χ0) is 14.5. The first-order chi connectivity index (χ1) is 8.90. The van der Waals surface area contributed by atoms with Crippen LogP contribution in [0.1, 0.15) is 29.8 Å². The zero-order valence-corrected chi connectivity index (χ0v) is 11.3. The van der Waals surface area contributed by atoms with Crippen LogP contribution in [-0.4, -0.2) is 25.4 Å². The Morgan fingerprint density at radius 2 is 1.84 bits per heavy atom. The van der Waals surface area contributed by atoms with Crippen molar-refractivity contribution in [1.29, 1.82) is 5.26 Å². The van der Waals surface area contributed by atoms with E-state index in [4.69, 9.17) is 5.26 Å². The predicted molar refractivity (Wildman–Crippen MR) is 71.3 cm³/mol. The maximum absolute atomic E-state index is 11.9. The number of hydrogen-bond acceptors (Lipinski definition) is 3. The highest BCUT2D eigenvalue weighted by atomic mass is 16.2. The Hall–Kier alpha value is -2.35. The Morgan fingerprint density at radius 1 is 1.26 bits per heavy atom. The van der Waals surface area contributed by atoms with Crippen LogP contribution in [0.5, 0.6) is 0 Å². The molecule has 1 rings (SSSR count). The topological polar surface area (TPSA) is 82.0 Å². The second kappa shape index (κ2) is 6.01. The molecule has 0 heterocycles. The van der Waals surface area contributed by atoms with Crippen LogP contribution in [0.4, 0.5) is 0 Å². The van der Waals surface area contributed by atoms with Gasteiger partial charge in [-0.15, -0.1) is 0 Å². The summed E-state index contributed by atoms with van der Waals surface area (Å²) in [4.78, 5) is 23.4. The molecule has 0 radical (unpaired) electrons. The quantitative estimate of drug-likeness (QED) is 0.848. The third-order valence-corrected chi connectivity index (χ3v) is 2.81. The first-order valence-electron chi connectivity index (χ1n) is 5.91. The van der Waals surface area contributed by atoms with Gasteiger partial charge in [0, 0.05) is 19.2 Å². The Balaban J connectivity index is 2.65. The molecule has 1 aromatic rings. The van der Waals surface area contributed by atoms with Gasteiger partial charge in [0.1, 0.15) is 0 Å². The minimum absolute atomic E-state index is 0.132. The van der Waals surface area contributed by atoms with E-state index in [0.29, 0.717) is 11.1 Å². The van der Waals surface area contributed by atoms with Crippen molar-refractivity contribution in [2.45, 2.75) is 13.8 Å². The highest BCUT2D eigenvalue weighted by Crippen LogP contribution is 2.13. The molecule has 0 spiro atoms. The van der Waals surface area contributed by atoms with Crippen LogP contribution < -0.4 is 10.6 Å². The van der Waals surface area contributed by atoms with Crippen molar-refractivity contribution in [3.05, 3.63) is 35.4 Å². The standard InChI is InChI=1S/C14H17N3O2/c1-14(2,13(19)16-3)9-17-12(18)11-6-4-10(8-15)5-7-11/h4-7H,9H2,1-3H3,(H,16,19)(H,17,18). The summed E-state index contributed by atoms with van der Waals surface area (Å²) in [6.45, 7) is 3.75. The molecule has 1 aromatic carbocycles. The molecular formula is C14H17N3O2. The van der Waals surface area contributed by atoms with E-state index in [2.05, 4.69) is 10.6 Å². The van der Waals surface area contributed by atoms with E-state index in [0.717, 1.165) is 0 Å². The average molecular weight is 259 g/mol. The van der Waals surface area contributed by atoms with Gasteiger partial charge in [0.05, 0.1) is 17.0 Å². The summed E-state index contributed by atoms with van der Waals surface area (Å²) >= 11 is 0. The lowest BCUT2D eigenvalue weighted by atomic mass is 9.92. The average Bonchev–Trinajstić information content (AvgIpc) is 2.43. The Labute approximate surface area is 112 Å². The highest BCUT2D eigenvalue weighted by molar-refractivity contribution is 5.94. The van der Waals surface area contributed by atoms with Crippen molar-refractivity contribution in [1.82, 2.24) is 10.6 Å². The number of hydrogen-bond donors (Lipinski definition) is 2. The molecule has 0 unspecified atom stereocenters. The molecule has 2 N–H and O–H groups in total.